The summed E-state index contributed by atoms with van der Waals surface area (Å²) in [4.78, 5) is 23.1. The zero-order valence-corrected chi connectivity index (χ0v) is 12.9. The topological polar surface area (TPSA) is 64.6 Å². The van der Waals surface area contributed by atoms with Gasteiger partial charge in [-0.25, -0.2) is 0 Å². The Hall–Kier alpha value is -1.10. The van der Waals surface area contributed by atoms with Gasteiger partial charge in [-0.2, -0.15) is 0 Å². The first-order chi connectivity index (χ1) is 8.65. The Labute approximate surface area is 116 Å². The van der Waals surface area contributed by atoms with E-state index < -0.39 is 5.60 Å². The number of methoxy groups -OCH3 is 1. The van der Waals surface area contributed by atoms with Crippen molar-refractivity contribution in [3.05, 3.63) is 0 Å². The van der Waals surface area contributed by atoms with Crippen LogP contribution in [-0.2, 0) is 19.1 Å². The molecule has 0 saturated heterocycles. The Balaban J connectivity index is 4.12. The number of hydrogen-bond donors (Lipinski definition) is 1. The third-order valence-corrected chi connectivity index (χ3v) is 2.33. The normalized spacial score (nSPS) is 13.2. The Morgan fingerprint density at radius 2 is 1.79 bits per heavy atom. The molecule has 0 radical (unpaired) electrons. The molecule has 0 aromatic heterocycles. The van der Waals surface area contributed by atoms with E-state index in [1.54, 1.807) is 0 Å². The summed E-state index contributed by atoms with van der Waals surface area (Å²) >= 11 is 0. The predicted octanol–water partition coefficient (Wildman–Crippen LogP) is 1.90. The molecule has 0 rings (SSSR count). The lowest BCUT2D eigenvalue weighted by Crippen LogP contribution is -2.40. The standard InChI is InChI=1S/C14H27NO4/c1-10(2)9-11(13(17)18-6)15-8-7-12(16)19-14(3,4)5/h10-11,15H,7-9H2,1-6H3. The van der Waals surface area contributed by atoms with E-state index in [0.29, 0.717) is 18.9 Å². The van der Waals surface area contributed by atoms with Crippen molar-refractivity contribution in [2.75, 3.05) is 13.7 Å². The monoisotopic (exact) mass is 273 g/mol. The highest BCUT2D eigenvalue weighted by Gasteiger charge is 2.21. The van der Waals surface area contributed by atoms with Gasteiger partial charge in [-0.05, 0) is 33.1 Å². The second kappa shape index (κ2) is 8.15. The predicted molar refractivity (Wildman–Crippen MR) is 73.7 cm³/mol. The third kappa shape index (κ3) is 9.47. The highest BCUT2D eigenvalue weighted by atomic mass is 16.6. The second-order valence-corrected chi connectivity index (χ2v) is 6.00. The summed E-state index contributed by atoms with van der Waals surface area (Å²) in [7, 11) is 1.37. The van der Waals surface area contributed by atoms with Crippen LogP contribution in [0.5, 0.6) is 0 Å². The molecule has 0 bridgehead atoms. The summed E-state index contributed by atoms with van der Waals surface area (Å²) in [5.41, 5.74) is -0.475. The number of rotatable bonds is 7. The van der Waals surface area contributed by atoms with Crippen LogP contribution in [0.15, 0.2) is 0 Å². The van der Waals surface area contributed by atoms with E-state index in [1.165, 1.54) is 7.11 Å². The van der Waals surface area contributed by atoms with Crippen molar-refractivity contribution < 1.29 is 19.1 Å². The van der Waals surface area contributed by atoms with Gasteiger partial charge in [-0.3, -0.25) is 9.59 Å². The van der Waals surface area contributed by atoms with Crippen LogP contribution in [0.1, 0.15) is 47.5 Å². The fourth-order valence-corrected chi connectivity index (χ4v) is 1.62. The first kappa shape index (κ1) is 17.9. The van der Waals surface area contributed by atoms with Crippen LogP contribution in [0.2, 0.25) is 0 Å². The number of esters is 2. The third-order valence-electron chi connectivity index (χ3n) is 2.33. The van der Waals surface area contributed by atoms with Gasteiger partial charge in [0, 0.05) is 6.54 Å². The van der Waals surface area contributed by atoms with Crippen molar-refractivity contribution in [3.8, 4) is 0 Å². The van der Waals surface area contributed by atoms with Crippen LogP contribution >= 0.6 is 0 Å². The van der Waals surface area contributed by atoms with E-state index in [9.17, 15) is 9.59 Å². The van der Waals surface area contributed by atoms with Gasteiger partial charge in [0.1, 0.15) is 11.6 Å². The van der Waals surface area contributed by atoms with E-state index in [-0.39, 0.29) is 24.4 Å². The number of carbonyl (C=O) groups excluding carboxylic acids is 2. The molecule has 0 fully saturated rings. The fraction of sp³-hybridized carbons (Fsp3) is 0.857. The quantitative estimate of drug-likeness (QED) is 0.718. The molecule has 5 heteroatoms. The Bertz CT molecular complexity index is 294. The van der Waals surface area contributed by atoms with Crippen molar-refractivity contribution in [1.82, 2.24) is 5.32 Å². The van der Waals surface area contributed by atoms with Crippen molar-refractivity contribution in [2.24, 2.45) is 5.92 Å². The second-order valence-electron chi connectivity index (χ2n) is 6.00. The fourth-order valence-electron chi connectivity index (χ4n) is 1.62. The Kier molecular flexibility index (Phi) is 7.68. The average molecular weight is 273 g/mol. The molecule has 1 N–H and O–H groups in total. The van der Waals surface area contributed by atoms with E-state index in [1.807, 2.05) is 34.6 Å². The molecule has 0 aromatic rings. The number of ether oxygens (including phenoxy) is 2. The minimum atomic E-state index is -0.475. The van der Waals surface area contributed by atoms with E-state index in [0.717, 1.165) is 0 Å². The molecule has 0 aromatic carbocycles. The number of hydrogen-bond acceptors (Lipinski definition) is 5. The molecule has 0 aliphatic heterocycles. The van der Waals surface area contributed by atoms with E-state index >= 15 is 0 Å². The van der Waals surface area contributed by atoms with Crippen molar-refractivity contribution in [2.45, 2.75) is 59.1 Å². The molecule has 1 unspecified atom stereocenters. The van der Waals surface area contributed by atoms with Crippen molar-refractivity contribution in [3.63, 3.8) is 0 Å². The van der Waals surface area contributed by atoms with Gasteiger partial charge >= 0.3 is 11.9 Å². The molecule has 0 amide bonds. The van der Waals surface area contributed by atoms with Crippen molar-refractivity contribution >= 4 is 11.9 Å². The molecule has 1 atom stereocenters. The summed E-state index contributed by atoms with van der Waals surface area (Å²) in [5, 5.41) is 3.04. The average Bonchev–Trinajstić information content (AvgIpc) is 2.23. The Morgan fingerprint density at radius 1 is 1.21 bits per heavy atom. The maximum Gasteiger partial charge on any atom is 0.322 e. The van der Waals surface area contributed by atoms with Gasteiger partial charge < -0.3 is 14.8 Å². The molecular formula is C14H27NO4. The van der Waals surface area contributed by atoms with Gasteiger partial charge in [0.05, 0.1) is 13.5 Å². The van der Waals surface area contributed by atoms with Crippen LogP contribution < -0.4 is 5.32 Å². The van der Waals surface area contributed by atoms with E-state index in [2.05, 4.69) is 5.32 Å². The maximum atomic E-state index is 11.6. The molecule has 0 aliphatic carbocycles. The minimum Gasteiger partial charge on any atom is -0.468 e. The highest BCUT2D eigenvalue weighted by molar-refractivity contribution is 5.75. The number of nitrogens with one attached hydrogen (secondary N) is 1. The molecule has 0 spiro atoms. The minimum absolute atomic E-state index is 0.239. The van der Waals surface area contributed by atoms with Gasteiger partial charge in [0.15, 0.2) is 0 Å². The molecule has 5 nitrogen and oxygen atoms in total. The molecular weight excluding hydrogens is 246 g/mol. The van der Waals surface area contributed by atoms with E-state index in [4.69, 9.17) is 9.47 Å². The summed E-state index contributed by atoms with van der Waals surface area (Å²) in [6.45, 7) is 9.95. The molecule has 0 aliphatic rings. The SMILES string of the molecule is COC(=O)C(CC(C)C)NCCC(=O)OC(C)(C)C. The van der Waals surface area contributed by atoms with Crippen LogP contribution in [0.25, 0.3) is 0 Å². The zero-order valence-electron chi connectivity index (χ0n) is 12.9. The summed E-state index contributed by atoms with van der Waals surface area (Å²) in [6.07, 6.45) is 0.920. The largest absolute Gasteiger partial charge is 0.468 e. The van der Waals surface area contributed by atoms with Gasteiger partial charge in [0.25, 0.3) is 0 Å². The van der Waals surface area contributed by atoms with Gasteiger partial charge in [-0.15, -0.1) is 0 Å². The summed E-state index contributed by atoms with van der Waals surface area (Å²) < 4.78 is 9.93. The van der Waals surface area contributed by atoms with Gasteiger partial charge in [-0.1, -0.05) is 13.8 Å². The smallest absolute Gasteiger partial charge is 0.322 e. The Morgan fingerprint density at radius 3 is 2.21 bits per heavy atom. The highest BCUT2D eigenvalue weighted by Crippen LogP contribution is 2.09. The van der Waals surface area contributed by atoms with Crippen LogP contribution in [0, 0.1) is 5.92 Å². The molecule has 112 valence electrons. The molecule has 0 heterocycles. The first-order valence-electron chi connectivity index (χ1n) is 6.68. The van der Waals surface area contributed by atoms with Gasteiger partial charge in [0.2, 0.25) is 0 Å². The summed E-state index contributed by atoms with van der Waals surface area (Å²) in [5.74, 6) is -0.191. The maximum absolute atomic E-state index is 11.6. The zero-order chi connectivity index (χ0) is 15.1. The molecule has 0 saturated carbocycles. The first-order valence-corrected chi connectivity index (χ1v) is 6.68. The van der Waals surface area contributed by atoms with Crippen molar-refractivity contribution in [1.29, 1.82) is 0 Å². The van der Waals surface area contributed by atoms with Crippen LogP contribution in [0.3, 0.4) is 0 Å². The lowest BCUT2D eigenvalue weighted by atomic mass is 10.0. The lowest BCUT2D eigenvalue weighted by molar-refractivity contribution is -0.155. The summed E-state index contributed by atoms with van der Waals surface area (Å²) in [6, 6.07) is -0.368. The molecule has 19 heavy (non-hydrogen) atoms. The lowest BCUT2D eigenvalue weighted by Gasteiger charge is -2.21. The van der Waals surface area contributed by atoms with Crippen LogP contribution in [0.4, 0.5) is 0 Å². The van der Waals surface area contributed by atoms with Crippen LogP contribution in [-0.4, -0.2) is 37.2 Å². The number of carbonyl (C=O) groups is 2.